The molecule has 10 heteroatoms. The van der Waals surface area contributed by atoms with Crippen LogP contribution in [0.5, 0.6) is 0 Å². The SMILES string of the molecule is CCCC(CC)COC.CSCCC(NC(=O)c1ccc(CN2CC(S(C)(=O)=O)CC2C)cc1-c1ccccc1C)C(=O)O. The molecule has 2 aromatic rings. The van der Waals surface area contributed by atoms with Crippen LogP contribution >= 0.6 is 11.8 Å². The van der Waals surface area contributed by atoms with Crippen LogP contribution < -0.4 is 5.32 Å². The molecule has 1 saturated heterocycles. The summed E-state index contributed by atoms with van der Waals surface area (Å²) in [5, 5.41) is 11.9. The minimum absolute atomic E-state index is 0.132. The van der Waals surface area contributed by atoms with Crippen LogP contribution in [-0.4, -0.2) is 86.2 Å². The number of carboxylic acids is 1. The number of ether oxygens (including phenoxy) is 1. The number of nitrogens with zero attached hydrogens (tertiary/aromatic N) is 1. The van der Waals surface area contributed by atoms with Crippen molar-refractivity contribution in [2.45, 2.75) is 83.7 Å². The van der Waals surface area contributed by atoms with Crippen LogP contribution in [0.3, 0.4) is 0 Å². The standard InChI is InChI=1S/C26H34N2O5S2.C8H18O/c1-17-7-5-6-8-21(17)23-14-19(15-28-16-20(13-18(28)2)35(4,32)33)9-10-22(23)25(29)27-24(26(30)31)11-12-34-3;1-4-6-8(5-2)7-9-3/h5-10,14,18,20,24H,11-13,15-16H2,1-4H3,(H,27,29)(H,30,31);8H,4-7H2,1-3H3. The number of aliphatic carboxylic acids is 1. The minimum atomic E-state index is -3.10. The fraction of sp³-hybridized carbons (Fsp3) is 0.588. The number of carboxylic acid groups (broad SMARTS) is 1. The van der Waals surface area contributed by atoms with Crippen molar-refractivity contribution in [1.82, 2.24) is 10.2 Å². The number of thioether (sulfide) groups is 1. The molecule has 0 aliphatic carbocycles. The van der Waals surface area contributed by atoms with Crippen molar-refractivity contribution in [3.8, 4) is 11.1 Å². The molecule has 3 rings (SSSR count). The first-order valence-corrected chi connectivity index (χ1v) is 18.8. The molecule has 0 spiro atoms. The predicted molar refractivity (Wildman–Crippen MR) is 182 cm³/mol. The lowest BCUT2D eigenvalue weighted by atomic mass is 9.93. The Morgan fingerprint density at radius 2 is 1.84 bits per heavy atom. The molecule has 4 unspecified atom stereocenters. The topological polar surface area (TPSA) is 113 Å². The summed E-state index contributed by atoms with van der Waals surface area (Å²) in [4.78, 5) is 27.1. The fourth-order valence-corrected chi connectivity index (χ4v) is 7.14. The van der Waals surface area contributed by atoms with E-state index >= 15 is 0 Å². The number of aryl methyl sites for hydroxylation is 1. The summed E-state index contributed by atoms with van der Waals surface area (Å²) in [7, 11) is -1.33. The summed E-state index contributed by atoms with van der Waals surface area (Å²) in [6, 6.07) is 12.5. The van der Waals surface area contributed by atoms with Crippen LogP contribution in [0.1, 0.15) is 74.4 Å². The van der Waals surface area contributed by atoms with Gasteiger partial charge in [0.25, 0.3) is 5.91 Å². The van der Waals surface area contributed by atoms with Crippen LogP contribution in [0.25, 0.3) is 11.1 Å². The van der Waals surface area contributed by atoms with Gasteiger partial charge in [-0.2, -0.15) is 11.8 Å². The van der Waals surface area contributed by atoms with Crippen LogP contribution in [-0.2, 0) is 25.9 Å². The number of methoxy groups -OCH3 is 1. The van der Waals surface area contributed by atoms with E-state index in [2.05, 4.69) is 24.1 Å². The second-order valence-corrected chi connectivity index (χ2v) is 15.1. The van der Waals surface area contributed by atoms with Gasteiger partial charge in [0, 0.05) is 44.7 Å². The van der Waals surface area contributed by atoms with E-state index in [9.17, 15) is 23.1 Å². The van der Waals surface area contributed by atoms with Crippen molar-refractivity contribution in [3.05, 3.63) is 59.2 Å². The maximum absolute atomic E-state index is 13.2. The largest absolute Gasteiger partial charge is 0.480 e. The number of hydrogen-bond donors (Lipinski definition) is 2. The highest BCUT2D eigenvalue weighted by atomic mass is 32.2. The highest BCUT2D eigenvalue weighted by Crippen LogP contribution is 2.30. The van der Waals surface area contributed by atoms with Gasteiger partial charge in [-0.05, 0) is 85.4 Å². The highest BCUT2D eigenvalue weighted by Gasteiger charge is 2.35. The van der Waals surface area contributed by atoms with Gasteiger partial charge in [-0.1, -0.05) is 57.0 Å². The molecule has 1 aliphatic rings. The smallest absolute Gasteiger partial charge is 0.326 e. The van der Waals surface area contributed by atoms with Crippen LogP contribution in [0.4, 0.5) is 0 Å². The van der Waals surface area contributed by atoms with Gasteiger partial charge in [-0.3, -0.25) is 9.69 Å². The lowest BCUT2D eigenvalue weighted by Crippen LogP contribution is -2.41. The van der Waals surface area contributed by atoms with E-state index in [-0.39, 0.29) is 11.3 Å². The fourth-order valence-electron chi connectivity index (χ4n) is 5.57. The number of likely N-dealkylation sites (tertiary alicyclic amines) is 1. The first-order chi connectivity index (χ1) is 20.9. The number of carbonyl (C=O) groups excluding carboxylic acids is 1. The van der Waals surface area contributed by atoms with Gasteiger partial charge >= 0.3 is 5.97 Å². The Hall–Kier alpha value is -2.40. The Morgan fingerprint density at radius 1 is 1.14 bits per heavy atom. The molecule has 8 nitrogen and oxygen atoms in total. The quantitative estimate of drug-likeness (QED) is 0.240. The minimum Gasteiger partial charge on any atom is -0.480 e. The summed E-state index contributed by atoms with van der Waals surface area (Å²) in [5.41, 5.74) is 4.03. The summed E-state index contributed by atoms with van der Waals surface area (Å²) >= 11 is 1.53. The number of hydrogen-bond acceptors (Lipinski definition) is 7. The molecule has 1 aliphatic heterocycles. The lowest BCUT2D eigenvalue weighted by Gasteiger charge is -2.22. The summed E-state index contributed by atoms with van der Waals surface area (Å²) < 4.78 is 29.2. The van der Waals surface area contributed by atoms with E-state index in [1.54, 1.807) is 13.2 Å². The van der Waals surface area contributed by atoms with E-state index in [4.69, 9.17) is 4.74 Å². The van der Waals surface area contributed by atoms with E-state index in [1.165, 1.54) is 37.3 Å². The summed E-state index contributed by atoms with van der Waals surface area (Å²) in [5.74, 6) is -0.0523. The van der Waals surface area contributed by atoms with Gasteiger partial charge in [0.1, 0.15) is 6.04 Å². The second kappa shape index (κ2) is 18.5. The molecule has 44 heavy (non-hydrogen) atoms. The van der Waals surface area contributed by atoms with Crippen LogP contribution in [0, 0.1) is 12.8 Å². The Kier molecular flexibility index (Phi) is 15.9. The number of benzene rings is 2. The Labute approximate surface area is 269 Å². The zero-order chi connectivity index (χ0) is 32.9. The molecule has 246 valence electrons. The van der Waals surface area contributed by atoms with Crippen molar-refractivity contribution in [2.24, 2.45) is 5.92 Å². The van der Waals surface area contributed by atoms with Crippen LogP contribution in [0.15, 0.2) is 42.5 Å². The molecule has 0 radical (unpaired) electrons. The zero-order valence-electron chi connectivity index (χ0n) is 27.5. The van der Waals surface area contributed by atoms with Gasteiger partial charge in [-0.25, -0.2) is 13.2 Å². The van der Waals surface area contributed by atoms with E-state index in [0.29, 0.717) is 37.2 Å². The average Bonchev–Trinajstić information content (AvgIpc) is 3.35. The van der Waals surface area contributed by atoms with Gasteiger partial charge in [0.15, 0.2) is 9.84 Å². The predicted octanol–water partition coefficient (Wildman–Crippen LogP) is 6.06. The van der Waals surface area contributed by atoms with Crippen LogP contribution in [0.2, 0.25) is 0 Å². The number of rotatable bonds is 15. The Bertz CT molecular complexity index is 1310. The van der Waals surface area contributed by atoms with Gasteiger partial charge in [-0.15, -0.1) is 0 Å². The van der Waals surface area contributed by atoms with Gasteiger partial charge in [0.2, 0.25) is 0 Å². The Balaban J connectivity index is 0.000000651. The van der Waals surface area contributed by atoms with E-state index in [1.807, 2.05) is 56.5 Å². The monoisotopic (exact) mass is 648 g/mol. The molecule has 0 aromatic heterocycles. The summed E-state index contributed by atoms with van der Waals surface area (Å²) in [6.45, 7) is 10.4. The molecular weight excluding hydrogens is 597 g/mol. The number of sulfone groups is 1. The molecule has 1 amide bonds. The van der Waals surface area contributed by atoms with Crippen molar-refractivity contribution in [2.75, 3.05) is 38.5 Å². The van der Waals surface area contributed by atoms with E-state index in [0.717, 1.165) is 34.8 Å². The third-order valence-corrected chi connectivity index (χ3v) is 10.5. The molecule has 2 N–H and O–H groups in total. The molecule has 4 atom stereocenters. The first kappa shape index (κ1) is 37.8. The number of nitrogens with one attached hydrogen (secondary N) is 1. The molecule has 1 fully saturated rings. The average molecular weight is 649 g/mol. The third-order valence-electron chi connectivity index (χ3n) is 8.31. The maximum Gasteiger partial charge on any atom is 0.326 e. The van der Waals surface area contributed by atoms with E-state index < -0.39 is 27.8 Å². The molecule has 0 saturated carbocycles. The van der Waals surface area contributed by atoms with Gasteiger partial charge in [0.05, 0.1) is 5.25 Å². The first-order valence-electron chi connectivity index (χ1n) is 15.5. The maximum atomic E-state index is 13.2. The molecular formula is C34H52N2O6S2. The summed E-state index contributed by atoms with van der Waals surface area (Å²) in [6.07, 6.45) is 7.98. The highest BCUT2D eigenvalue weighted by molar-refractivity contribution is 7.98. The van der Waals surface area contributed by atoms with Crippen molar-refractivity contribution >= 4 is 33.5 Å². The molecule has 0 bridgehead atoms. The van der Waals surface area contributed by atoms with Crippen molar-refractivity contribution < 1.29 is 27.9 Å². The van der Waals surface area contributed by atoms with Gasteiger partial charge < -0.3 is 15.2 Å². The number of amides is 1. The normalized spacial score (nSPS) is 18.2. The molecule has 2 aromatic carbocycles. The second-order valence-electron chi connectivity index (χ2n) is 11.8. The van der Waals surface area contributed by atoms with Crippen molar-refractivity contribution in [3.63, 3.8) is 0 Å². The Morgan fingerprint density at radius 3 is 2.39 bits per heavy atom. The molecule has 1 heterocycles. The third kappa shape index (κ3) is 11.5. The van der Waals surface area contributed by atoms with Crippen molar-refractivity contribution in [1.29, 1.82) is 0 Å². The number of carbonyl (C=O) groups is 2. The lowest BCUT2D eigenvalue weighted by molar-refractivity contribution is -0.139. The zero-order valence-corrected chi connectivity index (χ0v) is 29.1.